The minimum Gasteiger partial charge on any atom is -0.301 e. The molecule has 0 saturated carbocycles. The molecule has 2 atom stereocenters. The van der Waals surface area contributed by atoms with Gasteiger partial charge >= 0.3 is 0 Å². The second kappa shape index (κ2) is 4.44. The van der Waals surface area contributed by atoms with Crippen molar-refractivity contribution in [3.63, 3.8) is 0 Å². The summed E-state index contributed by atoms with van der Waals surface area (Å²) in [6, 6.07) is 1.53. The van der Waals surface area contributed by atoms with Crippen LogP contribution < -0.4 is 10.6 Å². The van der Waals surface area contributed by atoms with Crippen LogP contribution in [0.2, 0.25) is 0 Å². The maximum absolute atomic E-state index is 11.3. The van der Waals surface area contributed by atoms with Gasteiger partial charge < -0.3 is 5.32 Å². The lowest BCUT2D eigenvalue weighted by Gasteiger charge is -2.16. The molecule has 86 valence electrons. The van der Waals surface area contributed by atoms with Crippen LogP contribution in [0.25, 0.3) is 0 Å². The Labute approximate surface area is 93.0 Å². The van der Waals surface area contributed by atoms with E-state index in [0.717, 1.165) is 0 Å². The highest BCUT2D eigenvalue weighted by Gasteiger charge is 2.31. The first-order chi connectivity index (χ1) is 7.65. The van der Waals surface area contributed by atoms with E-state index in [1.807, 2.05) is 19.2 Å². The molecule has 2 rings (SSSR count). The number of carbonyl (C=O) groups excluding carboxylic acids is 2. The summed E-state index contributed by atoms with van der Waals surface area (Å²) in [5.74, 6) is -0.453. The van der Waals surface area contributed by atoms with Crippen molar-refractivity contribution in [2.24, 2.45) is 0 Å². The molecule has 0 bridgehead atoms. The van der Waals surface area contributed by atoms with E-state index >= 15 is 0 Å². The van der Waals surface area contributed by atoms with Gasteiger partial charge in [-0.05, 0) is 13.0 Å². The van der Waals surface area contributed by atoms with Gasteiger partial charge in [0.05, 0.1) is 19.0 Å². The highest BCUT2D eigenvalue weighted by molar-refractivity contribution is 6.05. The Morgan fingerprint density at radius 3 is 3.06 bits per heavy atom. The van der Waals surface area contributed by atoms with Crippen molar-refractivity contribution in [2.45, 2.75) is 32.0 Å². The summed E-state index contributed by atoms with van der Waals surface area (Å²) in [5, 5.41) is 9.45. The van der Waals surface area contributed by atoms with Gasteiger partial charge in [-0.2, -0.15) is 5.10 Å². The Balaban J connectivity index is 1.85. The molecular weight excluding hydrogens is 208 g/mol. The number of imide groups is 1. The van der Waals surface area contributed by atoms with Crippen molar-refractivity contribution in [3.8, 4) is 0 Å². The molecule has 1 aliphatic rings. The lowest BCUT2D eigenvalue weighted by atomic mass is 10.2. The van der Waals surface area contributed by atoms with Gasteiger partial charge in [0, 0.05) is 18.4 Å². The number of nitrogens with one attached hydrogen (secondary N) is 2. The van der Waals surface area contributed by atoms with Gasteiger partial charge in [-0.25, -0.2) is 0 Å². The molecule has 2 N–H and O–H groups in total. The molecular formula is C10H14N4O2. The van der Waals surface area contributed by atoms with Gasteiger partial charge in [0.15, 0.2) is 0 Å². The van der Waals surface area contributed by atoms with Crippen LogP contribution in [-0.2, 0) is 16.1 Å². The quantitative estimate of drug-likeness (QED) is 0.659. The maximum Gasteiger partial charge on any atom is 0.244 e. The third kappa shape index (κ3) is 2.46. The van der Waals surface area contributed by atoms with Crippen LogP contribution in [0.5, 0.6) is 0 Å². The lowest BCUT2D eigenvalue weighted by molar-refractivity contribution is -0.125. The van der Waals surface area contributed by atoms with Gasteiger partial charge in [0.2, 0.25) is 11.8 Å². The van der Waals surface area contributed by atoms with E-state index in [1.54, 1.807) is 10.9 Å². The third-order valence-electron chi connectivity index (χ3n) is 2.47. The highest BCUT2D eigenvalue weighted by Crippen LogP contribution is 2.03. The third-order valence-corrected chi connectivity index (χ3v) is 2.47. The number of nitrogens with zero attached hydrogens (tertiary/aromatic N) is 2. The van der Waals surface area contributed by atoms with E-state index in [0.29, 0.717) is 6.54 Å². The molecule has 0 spiro atoms. The van der Waals surface area contributed by atoms with Gasteiger partial charge in [-0.15, -0.1) is 0 Å². The largest absolute Gasteiger partial charge is 0.301 e. The van der Waals surface area contributed by atoms with Crippen LogP contribution >= 0.6 is 0 Å². The fourth-order valence-electron chi connectivity index (χ4n) is 1.77. The minimum atomic E-state index is -0.405. The minimum absolute atomic E-state index is 0.0848. The summed E-state index contributed by atoms with van der Waals surface area (Å²) in [6.45, 7) is 2.63. The van der Waals surface area contributed by atoms with Crippen molar-refractivity contribution in [1.29, 1.82) is 0 Å². The molecule has 6 heteroatoms. The zero-order valence-corrected chi connectivity index (χ0v) is 9.01. The zero-order chi connectivity index (χ0) is 11.5. The molecule has 1 saturated heterocycles. The van der Waals surface area contributed by atoms with E-state index in [4.69, 9.17) is 0 Å². The molecule has 0 radical (unpaired) electrons. The van der Waals surface area contributed by atoms with Gasteiger partial charge in [-0.3, -0.25) is 19.6 Å². The second-order valence-electron chi connectivity index (χ2n) is 3.96. The number of carbonyl (C=O) groups is 2. The molecule has 2 amide bonds. The van der Waals surface area contributed by atoms with E-state index in [2.05, 4.69) is 15.7 Å². The molecule has 16 heavy (non-hydrogen) atoms. The van der Waals surface area contributed by atoms with Crippen molar-refractivity contribution < 1.29 is 9.59 Å². The first kappa shape index (κ1) is 10.8. The normalized spacial score (nSPS) is 22.2. The smallest absolute Gasteiger partial charge is 0.244 e. The summed E-state index contributed by atoms with van der Waals surface area (Å²) < 4.78 is 1.78. The van der Waals surface area contributed by atoms with Gasteiger partial charge in [-0.1, -0.05) is 0 Å². The molecule has 0 aromatic carbocycles. The van der Waals surface area contributed by atoms with Crippen LogP contribution in [0.1, 0.15) is 13.3 Å². The average molecular weight is 222 g/mol. The molecule has 1 aliphatic heterocycles. The topological polar surface area (TPSA) is 76.0 Å². The fourth-order valence-corrected chi connectivity index (χ4v) is 1.77. The summed E-state index contributed by atoms with van der Waals surface area (Å²) in [6.07, 6.45) is 3.79. The lowest BCUT2D eigenvalue weighted by Crippen LogP contribution is -2.43. The predicted molar refractivity (Wildman–Crippen MR) is 56.4 cm³/mol. The van der Waals surface area contributed by atoms with Crippen molar-refractivity contribution in [3.05, 3.63) is 18.5 Å². The first-order valence-corrected chi connectivity index (χ1v) is 5.22. The van der Waals surface area contributed by atoms with E-state index in [-0.39, 0.29) is 24.3 Å². The Morgan fingerprint density at radius 2 is 2.50 bits per heavy atom. The van der Waals surface area contributed by atoms with E-state index in [9.17, 15) is 9.59 Å². The van der Waals surface area contributed by atoms with Crippen LogP contribution in [0, 0.1) is 0 Å². The number of hydrogen-bond donors (Lipinski definition) is 2. The molecule has 1 aromatic rings. The van der Waals surface area contributed by atoms with Gasteiger partial charge in [0.1, 0.15) is 0 Å². The number of rotatable bonds is 4. The van der Waals surface area contributed by atoms with E-state index < -0.39 is 6.04 Å². The summed E-state index contributed by atoms with van der Waals surface area (Å²) in [4.78, 5) is 22.3. The number of hydrogen-bond acceptors (Lipinski definition) is 4. The number of aromatic nitrogens is 2. The SMILES string of the molecule is CC(Cn1cccn1)NC1CC(=O)NC1=O. The molecule has 1 fully saturated rings. The van der Waals surface area contributed by atoms with Crippen LogP contribution in [0.4, 0.5) is 0 Å². The standard InChI is InChI=1S/C10H14N4O2/c1-7(6-14-4-2-3-11-14)12-8-5-9(15)13-10(8)16/h2-4,7-8,12H,5-6H2,1H3,(H,13,15,16). The van der Waals surface area contributed by atoms with Gasteiger partial charge in [0.25, 0.3) is 0 Å². The number of amides is 2. The highest BCUT2D eigenvalue weighted by atomic mass is 16.2. The summed E-state index contributed by atoms with van der Waals surface area (Å²) in [5.41, 5.74) is 0. The fraction of sp³-hybridized carbons (Fsp3) is 0.500. The predicted octanol–water partition coefficient (Wildman–Crippen LogP) is -0.724. The molecule has 6 nitrogen and oxygen atoms in total. The Kier molecular flexibility index (Phi) is 3.00. The molecule has 2 heterocycles. The molecule has 0 aliphatic carbocycles. The Morgan fingerprint density at radius 1 is 1.69 bits per heavy atom. The molecule has 2 unspecified atom stereocenters. The first-order valence-electron chi connectivity index (χ1n) is 5.22. The Bertz CT molecular complexity index is 388. The van der Waals surface area contributed by atoms with E-state index in [1.165, 1.54) is 0 Å². The summed E-state index contributed by atoms with van der Waals surface area (Å²) >= 11 is 0. The second-order valence-corrected chi connectivity index (χ2v) is 3.96. The van der Waals surface area contributed by atoms with Crippen LogP contribution in [0.15, 0.2) is 18.5 Å². The van der Waals surface area contributed by atoms with Crippen molar-refractivity contribution in [2.75, 3.05) is 0 Å². The van der Waals surface area contributed by atoms with Crippen LogP contribution in [-0.4, -0.2) is 33.7 Å². The molecule has 1 aromatic heterocycles. The van der Waals surface area contributed by atoms with Crippen LogP contribution in [0.3, 0.4) is 0 Å². The Hall–Kier alpha value is -1.69. The van der Waals surface area contributed by atoms with Crippen molar-refractivity contribution >= 4 is 11.8 Å². The monoisotopic (exact) mass is 222 g/mol. The summed E-state index contributed by atoms with van der Waals surface area (Å²) in [7, 11) is 0. The average Bonchev–Trinajstić information content (AvgIpc) is 2.78. The zero-order valence-electron chi connectivity index (χ0n) is 9.01. The maximum atomic E-state index is 11.3. The van der Waals surface area contributed by atoms with Crippen molar-refractivity contribution in [1.82, 2.24) is 20.4 Å².